The van der Waals surface area contributed by atoms with Crippen molar-refractivity contribution in [2.75, 3.05) is 11.9 Å². The van der Waals surface area contributed by atoms with E-state index in [4.69, 9.17) is 4.74 Å². The van der Waals surface area contributed by atoms with E-state index in [0.29, 0.717) is 11.7 Å². The van der Waals surface area contributed by atoms with E-state index in [0.717, 1.165) is 21.9 Å². The molecule has 0 aliphatic carbocycles. The Hall–Kier alpha value is -2.73. The maximum atomic E-state index is 13.0. The van der Waals surface area contributed by atoms with Crippen molar-refractivity contribution in [3.05, 3.63) is 65.3 Å². The second-order valence-corrected chi connectivity index (χ2v) is 6.59. The van der Waals surface area contributed by atoms with Crippen molar-refractivity contribution in [2.45, 2.75) is 13.3 Å². The third-order valence-corrected chi connectivity index (χ3v) is 4.39. The molecule has 128 valence electrons. The molecule has 0 saturated carbocycles. The van der Waals surface area contributed by atoms with Gasteiger partial charge in [0.15, 0.2) is 5.13 Å². The van der Waals surface area contributed by atoms with Crippen LogP contribution < -0.4 is 10.1 Å². The van der Waals surface area contributed by atoms with E-state index in [1.807, 2.05) is 37.3 Å². The lowest BCUT2D eigenvalue weighted by molar-refractivity contribution is -0.116. The van der Waals surface area contributed by atoms with Crippen LogP contribution in [-0.2, 0) is 4.79 Å². The quantitative estimate of drug-likeness (QED) is 0.698. The van der Waals surface area contributed by atoms with Gasteiger partial charge in [0.2, 0.25) is 5.91 Å². The molecule has 6 heteroatoms. The third kappa shape index (κ3) is 4.64. The van der Waals surface area contributed by atoms with Crippen LogP contribution in [-0.4, -0.2) is 17.5 Å². The van der Waals surface area contributed by atoms with Crippen LogP contribution in [0.15, 0.2) is 54.6 Å². The minimum Gasteiger partial charge on any atom is -0.493 e. The Morgan fingerprint density at radius 2 is 1.88 bits per heavy atom. The lowest BCUT2D eigenvalue weighted by Crippen LogP contribution is -2.15. The third-order valence-electron chi connectivity index (χ3n) is 3.50. The maximum absolute atomic E-state index is 13.0. The number of nitrogens with one attached hydrogen (secondary N) is 1. The number of carbonyl (C=O) groups is 1. The van der Waals surface area contributed by atoms with Crippen molar-refractivity contribution in [2.24, 2.45) is 0 Å². The predicted molar refractivity (Wildman–Crippen MR) is 97.4 cm³/mol. The van der Waals surface area contributed by atoms with Gasteiger partial charge in [0, 0.05) is 10.4 Å². The van der Waals surface area contributed by atoms with Gasteiger partial charge in [-0.25, -0.2) is 9.37 Å². The molecule has 0 fully saturated rings. The van der Waals surface area contributed by atoms with Crippen LogP contribution in [0.5, 0.6) is 5.75 Å². The average molecular weight is 356 g/mol. The number of hydrogen-bond donors (Lipinski definition) is 1. The van der Waals surface area contributed by atoms with E-state index < -0.39 is 0 Å². The number of thiazole rings is 1. The zero-order chi connectivity index (χ0) is 17.6. The number of carbonyl (C=O) groups excluding carboxylic acids is 1. The van der Waals surface area contributed by atoms with Crippen LogP contribution in [0.2, 0.25) is 0 Å². The smallest absolute Gasteiger partial charge is 0.229 e. The summed E-state index contributed by atoms with van der Waals surface area (Å²) >= 11 is 1.39. The van der Waals surface area contributed by atoms with E-state index in [-0.39, 0.29) is 18.1 Å². The Balaban J connectivity index is 1.56. The van der Waals surface area contributed by atoms with Crippen molar-refractivity contribution in [3.63, 3.8) is 0 Å². The molecule has 0 saturated heterocycles. The normalized spacial score (nSPS) is 10.5. The lowest BCUT2D eigenvalue weighted by Gasteiger charge is -2.05. The molecule has 3 aromatic rings. The molecule has 0 aliphatic heterocycles. The highest BCUT2D eigenvalue weighted by molar-refractivity contribution is 7.16. The summed E-state index contributed by atoms with van der Waals surface area (Å²) in [6.45, 7) is 2.22. The number of para-hydroxylation sites is 1. The summed E-state index contributed by atoms with van der Waals surface area (Å²) in [5.74, 6) is 0.290. The van der Waals surface area contributed by atoms with Crippen LogP contribution in [0.3, 0.4) is 0 Å². The Morgan fingerprint density at radius 1 is 1.16 bits per heavy atom. The fourth-order valence-electron chi connectivity index (χ4n) is 2.29. The Kier molecular flexibility index (Phi) is 5.40. The monoisotopic (exact) mass is 356 g/mol. The SMILES string of the molecule is Cc1sc(NC(=O)CCOc2ccccc2)nc1-c1ccc(F)cc1. The van der Waals surface area contributed by atoms with E-state index >= 15 is 0 Å². The zero-order valence-electron chi connectivity index (χ0n) is 13.7. The topological polar surface area (TPSA) is 51.2 Å². The molecule has 2 aromatic carbocycles. The molecule has 1 N–H and O–H groups in total. The van der Waals surface area contributed by atoms with Gasteiger partial charge in [0.25, 0.3) is 0 Å². The molecular formula is C19H17FN2O2S. The summed E-state index contributed by atoms with van der Waals surface area (Å²) in [6, 6.07) is 15.5. The van der Waals surface area contributed by atoms with Gasteiger partial charge in [0.05, 0.1) is 18.7 Å². The summed E-state index contributed by atoms with van der Waals surface area (Å²) in [5.41, 5.74) is 1.57. The fourth-order valence-corrected chi connectivity index (χ4v) is 3.14. The number of amides is 1. The summed E-state index contributed by atoms with van der Waals surface area (Å²) in [6.07, 6.45) is 0.236. The van der Waals surface area contributed by atoms with Gasteiger partial charge >= 0.3 is 0 Å². The second kappa shape index (κ2) is 7.90. The van der Waals surface area contributed by atoms with E-state index in [1.54, 1.807) is 12.1 Å². The minimum atomic E-state index is -0.288. The van der Waals surface area contributed by atoms with Crippen molar-refractivity contribution in [1.29, 1.82) is 0 Å². The van der Waals surface area contributed by atoms with Crippen LogP contribution >= 0.6 is 11.3 Å². The first kappa shape index (κ1) is 17.1. The number of rotatable bonds is 6. The Labute approximate surface area is 149 Å². The van der Waals surface area contributed by atoms with Crippen molar-refractivity contribution >= 4 is 22.4 Å². The van der Waals surface area contributed by atoms with Gasteiger partial charge in [-0.2, -0.15) is 0 Å². The van der Waals surface area contributed by atoms with Crippen molar-refractivity contribution in [1.82, 2.24) is 4.98 Å². The van der Waals surface area contributed by atoms with Gasteiger partial charge in [0.1, 0.15) is 11.6 Å². The number of halogens is 1. The Morgan fingerprint density at radius 3 is 2.60 bits per heavy atom. The molecule has 25 heavy (non-hydrogen) atoms. The zero-order valence-corrected chi connectivity index (χ0v) is 14.5. The molecule has 1 heterocycles. The second-order valence-electron chi connectivity index (χ2n) is 5.39. The lowest BCUT2D eigenvalue weighted by atomic mass is 10.1. The maximum Gasteiger partial charge on any atom is 0.229 e. The standard InChI is InChI=1S/C19H17FN2O2S/c1-13-18(14-7-9-15(20)10-8-14)22-19(25-13)21-17(23)11-12-24-16-5-3-2-4-6-16/h2-10H,11-12H2,1H3,(H,21,22,23). The average Bonchev–Trinajstić information content (AvgIpc) is 2.96. The van der Waals surface area contributed by atoms with Crippen molar-refractivity contribution < 1.29 is 13.9 Å². The van der Waals surface area contributed by atoms with Crippen LogP contribution in [0.25, 0.3) is 11.3 Å². The number of aryl methyl sites for hydroxylation is 1. The molecule has 4 nitrogen and oxygen atoms in total. The van der Waals surface area contributed by atoms with Crippen LogP contribution in [0.4, 0.5) is 9.52 Å². The molecular weight excluding hydrogens is 339 g/mol. The summed E-state index contributed by atoms with van der Waals surface area (Å²) in [5, 5.41) is 3.31. The number of nitrogens with zero attached hydrogens (tertiary/aromatic N) is 1. The van der Waals surface area contributed by atoms with Crippen LogP contribution in [0, 0.1) is 12.7 Å². The number of aromatic nitrogens is 1. The predicted octanol–water partition coefficient (Wildman–Crippen LogP) is 4.67. The number of benzene rings is 2. The molecule has 1 amide bonds. The minimum absolute atomic E-state index is 0.157. The molecule has 1 aromatic heterocycles. The Bertz CT molecular complexity index is 848. The van der Waals surface area contributed by atoms with Crippen LogP contribution in [0.1, 0.15) is 11.3 Å². The van der Waals surface area contributed by atoms with Gasteiger partial charge in [-0.3, -0.25) is 4.79 Å². The highest BCUT2D eigenvalue weighted by Gasteiger charge is 2.12. The van der Waals surface area contributed by atoms with E-state index in [2.05, 4.69) is 10.3 Å². The molecule has 0 unspecified atom stereocenters. The number of ether oxygens (including phenoxy) is 1. The summed E-state index contributed by atoms with van der Waals surface area (Å²) < 4.78 is 18.5. The first-order valence-electron chi connectivity index (χ1n) is 7.83. The van der Waals surface area contributed by atoms with E-state index in [1.165, 1.54) is 23.5 Å². The molecule has 0 spiro atoms. The van der Waals surface area contributed by atoms with Gasteiger partial charge in [-0.05, 0) is 43.3 Å². The molecule has 0 aliphatic rings. The summed E-state index contributed by atoms with van der Waals surface area (Å²) in [7, 11) is 0. The van der Waals surface area contributed by atoms with Crippen molar-refractivity contribution in [3.8, 4) is 17.0 Å². The first-order chi connectivity index (χ1) is 12.1. The highest BCUT2D eigenvalue weighted by Crippen LogP contribution is 2.30. The highest BCUT2D eigenvalue weighted by atomic mass is 32.1. The number of hydrogen-bond acceptors (Lipinski definition) is 4. The number of anilines is 1. The molecule has 0 radical (unpaired) electrons. The molecule has 0 bridgehead atoms. The van der Waals surface area contributed by atoms with Gasteiger partial charge in [-0.15, -0.1) is 11.3 Å². The van der Waals surface area contributed by atoms with Gasteiger partial charge in [-0.1, -0.05) is 18.2 Å². The first-order valence-corrected chi connectivity index (χ1v) is 8.64. The van der Waals surface area contributed by atoms with E-state index in [9.17, 15) is 9.18 Å². The molecule has 3 rings (SSSR count). The van der Waals surface area contributed by atoms with Gasteiger partial charge < -0.3 is 10.1 Å². The largest absolute Gasteiger partial charge is 0.493 e. The summed E-state index contributed by atoms with van der Waals surface area (Å²) in [4.78, 5) is 17.4. The molecule has 0 atom stereocenters. The fraction of sp³-hybridized carbons (Fsp3) is 0.158.